The number of thiocarbonyl (C=S) groups is 1. The van der Waals surface area contributed by atoms with Crippen LogP contribution >= 0.6 is 39.5 Å². The van der Waals surface area contributed by atoms with Gasteiger partial charge in [0.05, 0.1) is 12.1 Å². The fourth-order valence-electron chi connectivity index (χ4n) is 1.55. The Bertz CT molecular complexity index is 583. The molecule has 1 aromatic heterocycles. The van der Waals surface area contributed by atoms with E-state index in [1.54, 1.807) is 23.5 Å². The Kier molecular flexibility index (Phi) is 4.31. The van der Waals surface area contributed by atoms with Gasteiger partial charge < -0.3 is 11.1 Å². The smallest absolute Gasteiger partial charge is 0.135 e. The van der Waals surface area contributed by atoms with E-state index >= 15 is 0 Å². The lowest BCUT2D eigenvalue weighted by molar-refractivity contribution is 0.626. The maximum Gasteiger partial charge on any atom is 0.135 e. The van der Waals surface area contributed by atoms with Gasteiger partial charge in [0, 0.05) is 15.0 Å². The van der Waals surface area contributed by atoms with Crippen LogP contribution in [0, 0.1) is 5.82 Å². The summed E-state index contributed by atoms with van der Waals surface area (Å²) in [6.45, 7) is 0.595. The van der Waals surface area contributed by atoms with E-state index in [0.717, 1.165) is 9.35 Å². The van der Waals surface area contributed by atoms with Gasteiger partial charge in [-0.3, -0.25) is 0 Å². The van der Waals surface area contributed by atoms with Crippen LogP contribution in [0.5, 0.6) is 0 Å². The molecule has 6 heteroatoms. The molecule has 0 atom stereocenters. The predicted molar refractivity (Wildman–Crippen MR) is 81.6 cm³/mol. The van der Waals surface area contributed by atoms with E-state index in [4.69, 9.17) is 18.0 Å². The minimum absolute atomic E-state index is 0.0563. The Hall–Kier alpha value is -0.980. The van der Waals surface area contributed by atoms with Gasteiger partial charge in [0.2, 0.25) is 0 Å². The fraction of sp³-hybridized carbons (Fsp3) is 0.0833. The molecular weight excluding hydrogens is 335 g/mol. The SMILES string of the molecule is NC(=S)c1c(F)cccc1NCc1sccc1Br. The Labute approximate surface area is 122 Å². The largest absolute Gasteiger partial charge is 0.389 e. The van der Waals surface area contributed by atoms with Crippen LogP contribution in [0.25, 0.3) is 0 Å². The predicted octanol–water partition coefficient (Wildman–Crippen LogP) is 3.90. The van der Waals surface area contributed by atoms with E-state index in [0.29, 0.717) is 12.2 Å². The standard InChI is InChI=1S/C12H10BrFN2S2/c13-7-4-5-18-10(7)6-16-9-3-1-2-8(14)11(9)12(15)17/h1-5,16H,6H2,(H2,15,17). The molecule has 0 saturated carbocycles. The molecular formula is C12H10BrFN2S2. The first kappa shape index (κ1) is 13.5. The summed E-state index contributed by atoms with van der Waals surface area (Å²) in [5.41, 5.74) is 6.42. The van der Waals surface area contributed by atoms with Gasteiger partial charge in [0.1, 0.15) is 10.8 Å². The van der Waals surface area contributed by atoms with Gasteiger partial charge in [0.15, 0.2) is 0 Å². The van der Waals surface area contributed by atoms with Crippen LogP contribution in [-0.2, 0) is 6.54 Å². The molecule has 1 heterocycles. The molecule has 94 valence electrons. The summed E-state index contributed by atoms with van der Waals surface area (Å²) in [7, 11) is 0. The molecule has 2 aromatic rings. The molecule has 0 aliphatic carbocycles. The van der Waals surface area contributed by atoms with Gasteiger partial charge in [-0.2, -0.15) is 0 Å². The molecule has 0 aliphatic rings. The summed E-state index contributed by atoms with van der Waals surface area (Å²) < 4.78 is 14.7. The zero-order valence-corrected chi connectivity index (χ0v) is 12.5. The number of benzene rings is 1. The monoisotopic (exact) mass is 344 g/mol. The lowest BCUT2D eigenvalue weighted by Gasteiger charge is -2.11. The molecule has 18 heavy (non-hydrogen) atoms. The quantitative estimate of drug-likeness (QED) is 0.826. The molecule has 0 unspecified atom stereocenters. The number of nitrogens with two attached hydrogens (primary N) is 1. The summed E-state index contributed by atoms with van der Waals surface area (Å²) in [5.74, 6) is -0.405. The summed E-state index contributed by atoms with van der Waals surface area (Å²) in [5, 5.41) is 5.14. The third-order valence-corrected chi connectivity index (χ3v) is 4.52. The second-order valence-corrected chi connectivity index (χ2v) is 5.87. The summed E-state index contributed by atoms with van der Waals surface area (Å²) in [6.07, 6.45) is 0. The zero-order chi connectivity index (χ0) is 13.1. The van der Waals surface area contributed by atoms with Crippen LogP contribution < -0.4 is 11.1 Å². The molecule has 2 nitrogen and oxygen atoms in total. The van der Waals surface area contributed by atoms with Gasteiger partial charge in [-0.25, -0.2) is 4.39 Å². The average molecular weight is 345 g/mol. The minimum Gasteiger partial charge on any atom is -0.389 e. The number of anilines is 1. The normalized spacial score (nSPS) is 10.3. The van der Waals surface area contributed by atoms with E-state index in [1.807, 2.05) is 11.4 Å². The van der Waals surface area contributed by atoms with E-state index in [9.17, 15) is 4.39 Å². The summed E-state index contributed by atoms with van der Waals surface area (Å²) >= 11 is 9.94. The zero-order valence-electron chi connectivity index (χ0n) is 9.24. The number of rotatable bonds is 4. The molecule has 1 aromatic carbocycles. The highest BCUT2D eigenvalue weighted by atomic mass is 79.9. The Morgan fingerprint density at radius 2 is 2.22 bits per heavy atom. The Morgan fingerprint density at radius 1 is 1.44 bits per heavy atom. The van der Waals surface area contributed by atoms with Gasteiger partial charge in [-0.05, 0) is 39.5 Å². The van der Waals surface area contributed by atoms with Crippen molar-refractivity contribution in [1.82, 2.24) is 0 Å². The lowest BCUT2D eigenvalue weighted by Crippen LogP contribution is -2.15. The molecule has 0 bridgehead atoms. The number of halogens is 2. The van der Waals surface area contributed by atoms with E-state index in [2.05, 4.69) is 21.2 Å². The van der Waals surface area contributed by atoms with Crippen LogP contribution in [0.3, 0.4) is 0 Å². The second kappa shape index (κ2) is 5.77. The van der Waals surface area contributed by atoms with Crippen LogP contribution in [0.15, 0.2) is 34.1 Å². The highest BCUT2D eigenvalue weighted by Gasteiger charge is 2.11. The average Bonchev–Trinajstić information content (AvgIpc) is 2.71. The molecule has 0 spiro atoms. The number of hydrogen-bond donors (Lipinski definition) is 2. The molecule has 0 amide bonds. The molecule has 0 radical (unpaired) electrons. The number of thiophene rings is 1. The highest BCUT2D eigenvalue weighted by molar-refractivity contribution is 9.10. The van der Waals surface area contributed by atoms with Crippen molar-refractivity contribution >= 4 is 50.2 Å². The first-order valence-corrected chi connectivity index (χ1v) is 7.21. The molecule has 0 aliphatic heterocycles. The van der Waals surface area contributed by atoms with Crippen molar-refractivity contribution in [2.75, 3.05) is 5.32 Å². The van der Waals surface area contributed by atoms with Crippen molar-refractivity contribution < 1.29 is 4.39 Å². The first-order chi connectivity index (χ1) is 8.59. The maximum atomic E-state index is 13.6. The molecule has 0 saturated heterocycles. The van der Waals surface area contributed by atoms with Gasteiger partial charge >= 0.3 is 0 Å². The number of nitrogens with one attached hydrogen (secondary N) is 1. The topological polar surface area (TPSA) is 38.0 Å². The van der Waals surface area contributed by atoms with Gasteiger partial charge in [-0.1, -0.05) is 18.3 Å². The fourth-order valence-corrected chi connectivity index (χ4v) is 3.19. The van der Waals surface area contributed by atoms with Crippen molar-refractivity contribution in [2.24, 2.45) is 5.73 Å². The summed E-state index contributed by atoms with van der Waals surface area (Å²) in [4.78, 5) is 1.19. The van der Waals surface area contributed by atoms with Crippen molar-refractivity contribution in [2.45, 2.75) is 6.54 Å². The van der Waals surface area contributed by atoms with Crippen LogP contribution in [0.4, 0.5) is 10.1 Å². The van der Waals surface area contributed by atoms with E-state index in [-0.39, 0.29) is 10.6 Å². The van der Waals surface area contributed by atoms with Crippen molar-refractivity contribution in [3.63, 3.8) is 0 Å². The van der Waals surface area contributed by atoms with Crippen molar-refractivity contribution in [3.05, 3.63) is 50.4 Å². The van der Waals surface area contributed by atoms with E-state index < -0.39 is 5.82 Å². The van der Waals surface area contributed by atoms with Crippen LogP contribution in [0.1, 0.15) is 10.4 Å². The Morgan fingerprint density at radius 3 is 2.83 bits per heavy atom. The van der Waals surface area contributed by atoms with Gasteiger partial charge in [-0.15, -0.1) is 11.3 Å². The van der Waals surface area contributed by atoms with Crippen molar-refractivity contribution in [3.8, 4) is 0 Å². The second-order valence-electron chi connectivity index (χ2n) is 3.57. The van der Waals surface area contributed by atoms with Gasteiger partial charge in [0.25, 0.3) is 0 Å². The third-order valence-electron chi connectivity index (χ3n) is 2.39. The highest BCUT2D eigenvalue weighted by Crippen LogP contribution is 2.25. The lowest BCUT2D eigenvalue weighted by atomic mass is 10.1. The molecule has 3 N–H and O–H groups in total. The number of hydrogen-bond acceptors (Lipinski definition) is 3. The van der Waals surface area contributed by atoms with E-state index in [1.165, 1.54) is 6.07 Å². The Balaban J connectivity index is 2.22. The summed E-state index contributed by atoms with van der Waals surface area (Å²) in [6, 6.07) is 6.71. The first-order valence-electron chi connectivity index (χ1n) is 5.13. The maximum absolute atomic E-state index is 13.6. The minimum atomic E-state index is -0.405. The van der Waals surface area contributed by atoms with Crippen molar-refractivity contribution in [1.29, 1.82) is 0 Å². The molecule has 0 fully saturated rings. The van der Waals surface area contributed by atoms with Crippen LogP contribution in [-0.4, -0.2) is 4.99 Å². The molecule has 2 rings (SSSR count). The third kappa shape index (κ3) is 2.88. The van der Waals surface area contributed by atoms with Crippen LogP contribution in [0.2, 0.25) is 0 Å².